The van der Waals surface area contributed by atoms with Gasteiger partial charge in [0.05, 0.1) is 39.8 Å². The highest BCUT2D eigenvalue weighted by molar-refractivity contribution is 7.10. The largest absolute Gasteiger partial charge is 0.285 e. The summed E-state index contributed by atoms with van der Waals surface area (Å²) in [6, 6.07) is 8.44. The molecule has 18 heteroatoms. The van der Waals surface area contributed by atoms with Crippen molar-refractivity contribution in [3.05, 3.63) is 153 Å². The molecule has 0 spiro atoms. The van der Waals surface area contributed by atoms with E-state index in [0.29, 0.717) is 53.3 Å². The van der Waals surface area contributed by atoms with Crippen LogP contribution in [0.2, 0.25) is 0 Å². The number of aromatic amines is 3. The van der Waals surface area contributed by atoms with Crippen molar-refractivity contribution in [1.29, 1.82) is 0 Å². The Morgan fingerprint density at radius 2 is 0.933 bits per heavy atom. The van der Waals surface area contributed by atoms with Crippen LogP contribution >= 0.6 is 68.0 Å². The molecule has 0 unspecified atom stereocenters. The quantitative estimate of drug-likeness (QED) is 0.128. The van der Waals surface area contributed by atoms with Gasteiger partial charge in [-0.3, -0.25) is 15.2 Å². The predicted molar refractivity (Wildman–Crippen MR) is 417 cm³/mol. The summed E-state index contributed by atoms with van der Waals surface area (Å²) in [5.74, 6) is 5.39. The van der Waals surface area contributed by atoms with Crippen LogP contribution in [0.25, 0.3) is 0 Å². The van der Waals surface area contributed by atoms with Gasteiger partial charge in [-0.15, -0.1) is 66.9 Å². The lowest BCUT2D eigenvalue weighted by Gasteiger charge is -1.96. The number of hydrogen-bond acceptors (Lipinski definition) is 15. The van der Waals surface area contributed by atoms with Crippen LogP contribution in [0.4, 0.5) is 0 Å². The molecule has 12 nitrogen and oxygen atoms in total. The Hall–Kier alpha value is -4.59. The highest BCUT2D eigenvalue weighted by Crippen LogP contribution is 2.20. The topological polar surface area (TPSA) is 163 Å². The minimum absolute atomic E-state index is 0.480. The molecule has 0 fully saturated rings. The molecule has 0 bridgehead atoms. The average Bonchev–Trinajstić information content (AvgIpc) is 4.50. The molecule has 9 heterocycles. The van der Waals surface area contributed by atoms with Crippen LogP contribution in [0.3, 0.4) is 0 Å². The van der Waals surface area contributed by atoms with Crippen LogP contribution in [-0.4, -0.2) is 61.0 Å². The van der Waals surface area contributed by atoms with Gasteiger partial charge in [-0.2, -0.15) is 36.9 Å². The first-order valence-corrected chi connectivity index (χ1v) is 39.0. The molecule has 0 aliphatic rings. The molecular formula is C72H138N12S6. The Morgan fingerprint density at radius 3 is 1.13 bits per heavy atom. The van der Waals surface area contributed by atoms with Crippen LogP contribution in [0.15, 0.2) is 105 Å². The van der Waals surface area contributed by atoms with Gasteiger partial charge in [-0.25, -0.2) is 9.97 Å². The molecule has 9 aromatic rings. The second-order valence-corrected chi connectivity index (χ2v) is 24.1. The lowest BCUT2D eigenvalue weighted by molar-refractivity contribution is 0.804. The van der Waals surface area contributed by atoms with Crippen molar-refractivity contribution < 1.29 is 0 Å². The van der Waals surface area contributed by atoms with Crippen molar-refractivity contribution in [2.24, 2.45) is 0 Å². The van der Waals surface area contributed by atoms with Crippen molar-refractivity contribution >= 4 is 68.0 Å². The van der Waals surface area contributed by atoms with E-state index in [1.807, 2.05) is 183 Å². The van der Waals surface area contributed by atoms with Crippen LogP contribution < -0.4 is 0 Å². The molecule has 0 aromatic carbocycles. The zero-order chi connectivity index (χ0) is 71.8. The molecule has 0 atom stereocenters. The van der Waals surface area contributed by atoms with Gasteiger partial charge in [0.15, 0.2) is 0 Å². The van der Waals surface area contributed by atoms with Crippen LogP contribution in [0.5, 0.6) is 0 Å². The zero-order valence-corrected chi connectivity index (χ0v) is 69.0. The third-order valence-corrected chi connectivity index (χ3v) is 15.2. The molecule has 3 N–H and O–H groups in total. The fourth-order valence-electron chi connectivity index (χ4n) is 4.85. The number of nitrogens with zero attached hydrogens (tertiary/aromatic N) is 9. The van der Waals surface area contributed by atoms with Gasteiger partial charge in [0.2, 0.25) is 0 Å². The van der Waals surface area contributed by atoms with E-state index < -0.39 is 0 Å². The van der Waals surface area contributed by atoms with Gasteiger partial charge in [-0.1, -0.05) is 255 Å². The second-order valence-electron chi connectivity index (χ2n) is 18.9. The number of thiazole rings is 3. The van der Waals surface area contributed by atoms with Crippen molar-refractivity contribution in [3.63, 3.8) is 0 Å². The Morgan fingerprint density at radius 1 is 0.378 bits per heavy atom. The Balaban J connectivity index is -0.000000113. The lowest BCUT2D eigenvalue weighted by Crippen LogP contribution is -1.85. The summed E-state index contributed by atoms with van der Waals surface area (Å²) in [6.07, 6.45) is 11.1. The van der Waals surface area contributed by atoms with Gasteiger partial charge >= 0.3 is 0 Å². The molecule has 9 aromatic heterocycles. The minimum atomic E-state index is 0.480. The Labute approximate surface area is 580 Å². The highest BCUT2D eigenvalue weighted by Gasteiger charge is 2.02. The summed E-state index contributed by atoms with van der Waals surface area (Å²) in [6.45, 7) is 74.7. The molecule has 9 rings (SSSR count). The monoisotopic (exact) mass is 1360 g/mol. The molecule has 0 aliphatic carbocycles. The zero-order valence-electron chi connectivity index (χ0n) is 64.1. The molecule has 0 amide bonds. The third-order valence-electron chi connectivity index (χ3n) is 9.56. The maximum atomic E-state index is 4.13. The van der Waals surface area contributed by atoms with Gasteiger partial charge in [0.25, 0.3) is 0 Å². The van der Waals surface area contributed by atoms with E-state index in [2.05, 4.69) is 225 Å². The van der Waals surface area contributed by atoms with E-state index in [1.165, 1.54) is 37.3 Å². The average molecular weight is 1360 g/mol. The smallest absolute Gasteiger partial charge is 0.119 e. The molecule has 522 valence electrons. The van der Waals surface area contributed by atoms with Crippen molar-refractivity contribution in [3.8, 4) is 0 Å². The minimum Gasteiger partial charge on any atom is -0.285 e. The maximum absolute atomic E-state index is 4.13. The summed E-state index contributed by atoms with van der Waals surface area (Å²) in [7, 11) is 0. The molecule has 90 heavy (non-hydrogen) atoms. The Bertz CT molecular complexity index is 1840. The third kappa shape index (κ3) is 63.6. The summed E-state index contributed by atoms with van der Waals surface area (Å²) in [5.41, 5.74) is 11.6. The Kier molecular flexibility index (Phi) is 93.2. The second kappa shape index (κ2) is 80.5. The van der Waals surface area contributed by atoms with E-state index in [9.17, 15) is 0 Å². The van der Waals surface area contributed by atoms with E-state index in [0.717, 1.165) is 10.7 Å². The molecule has 0 radical (unpaired) electrons. The fourth-order valence-corrected chi connectivity index (χ4v) is 8.99. The standard InChI is InChI=1S/2C7H10S.2C6H10N2.3C6H9NS.C5H9N3.C5H8N2S.9C2H6/c1-6(2)7-3-4-8-5-7;1-6(2)7-4-3-5-8-7;1-5(2)6-3-7-8-4-6;1-5(2)6-3-4-7-8-6;1-5(2)6-3-8-4-7-6;1-5(2)6-3-7-4-8-6;1-5(2)6-7-3-4-8-6;1-4(2)5-3-6-8-7-5;1-4(2)5-7-6-3-8-5;9*1-2/h2*3-6H,1-2H3;2*3-5H,1-2H3,(H,7,8);3*3-5H,1-2H3;3-4H,1-2H3,(H,6,7,8);3-4H,1-2H3;9*1-2H3. The normalized spacial score (nSPS) is 8.90. The van der Waals surface area contributed by atoms with Crippen molar-refractivity contribution in [2.75, 3.05) is 0 Å². The highest BCUT2D eigenvalue weighted by atomic mass is 32.1. The fraction of sp³-hybridized carbons (Fsp3) is 0.625. The first-order chi connectivity index (χ1) is 43.2. The van der Waals surface area contributed by atoms with Crippen molar-refractivity contribution in [2.45, 2.75) is 303 Å². The summed E-state index contributed by atoms with van der Waals surface area (Å²) in [5, 5.41) is 43.9. The number of hydrogen-bond donors (Lipinski definition) is 3. The summed E-state index contributed by atoms with van der Waals surface area (Å²) >= 11 is 10.3. The molecule has 0 saturated carbocycles. The van der Waals surface area contributed by atoms with Gasteiger partial charge in [-0.05, 0) is 86.9 Å². The van der Waals surface area contributed by atoms with E-state index in [1.54, 1.807) is 74.6 Å². The van der Waals surface area contributed by atoms with Gasteiger partial charge in [0.1, 0.15) is 10.5 Å². The number of aromatic nitrogens is 12. The number of H-pyrrole nitrogens is 3. The number of rotatable bonds is 9. The van der Waals surface area contributed by atoms with Gasteiger partial charge in [0, 0.05) is 62.8 Å². The van der Waals surface area contributed by atoms with Crippen LogP contribution in [-0.2, 0) is 0 Å². The van der Waals surface area contributed by atoms with E-state index >= 15 is 0 Å². The SMILES string of the molecule is CC.CC.CC.CC.CC.CC.CC.CC.CC.CC(C)c1cccs1.CC(C)c1ccn[nH]1.CC(C)c1ccsc1.CC(C)c1cn[nH]c1.CC(C)c1cn[nH]n1.CC(C)c1cncs1.CC(C)c1cscn1.CC(C)c1nccs1.CC(C)c1nncs1. The molecular weight excluding hydrogens is 1230 g/mol. The molecule has 0 aliphatic heterocycles. The maximum Gasteiger partial charge on any atom is 0.119 e. The summed E-state index contributed by atoms with van der Waals surface area (Å²) in [4.78, 5) is 15.1. The van der Waals surface area contributed by atoms with Crippen LogP contribution in [0, 0.1) is 0 Å². The van der Waals surface area contributed by atoms with Crippen molar-refractivity contribution in [1.82, 2.24) is 61.0 Å². The van der Waals surface area contributed by atoms with Gasteiger partial charge < -0.3 is 0 Å². The summed E-state index contributed by atoms with van der Waals surface area (Å²) < 4.78 is 0. The number of nitrogens with one attached hydrogen (secondary N) is 3. The first-order valence-electron chi connectivity index (χ1n) is 33.6. The van der Waals surface area contributed by atoms with E-state index in [-0.39, 0.29) is 0 Å². The lowest BCUT2D eigenvalue weighted by atomic mass is 10.1. The first kappa shape index (κ1) is 104. The van der Waals surface area contributed by atoms with Crippen LogP contribution in [0.1, 0.15) is 350 Å². The molecule has 0 saturated heterocycles. The predicted octanol–water partition coefficient (Wildman–Crippen LogP) is 27.4. The number of thiophene rings is 2. The van der Waals surface area contributed by atoms with E-state index in [4.69, 9.17) is 0 Å².